The molecule has 0 bridgehead atoms. The highest BCUT2D eigenvalue weighted by molar-refractivity contribution is 5.50. The van der Waals surface area contributed by atoms with Crippen molar-refractivity contribution in [2.24, 2.45) is 5.92 Å². The zero-order chi connectivity index (χ0) is 13.4. The minimum Gasteiger partial charge on any atom is -0.398 e. The predicted molar refractivity (Wildman–Crippen MR) is 78.0 cm³/mol. The van der Waals surface area contributed by atoms with E-state index in [1.54, 1.807) is 0 Å². The summed E-state index contributed by atoms with van der Waals surface area (Å²) in [5, 5.41) is 0. The van der Waals surface area contributed by atoms with Crippen LogP contribution in [0.25, 0.3) is 5.65 Å². The molecule has 2 aromatic rings. The highest BCUT2D eigenvalue weighted by Crippen LogP contribution is 2.21. The molecule has 0 saturated carbocycles. The number of nitrogens with two attached hydrogens (primary N) is 1. The summed E-state index contributed by atoms with van der Waals surface area (Å²) in [6.45, 7) is 7.78. The van der Waals surface area contributed by atoms with Crippen LogP contribution in [-0.4, -0.2) is 27.4 Å². The van der Waals surface area contributed by atoms with Gasteiger partial charge >= 0.3 is 0 Å². The molecule has 0 radical (unpaired) electrons. The Kier molecular flexibility index (Phi) is 3.19. The van der Waals surface area contributed by atoms with Gasteiger partial charge in [0.1, 0.15) is 5.65 Å². The van der Waals surface area contributed by atoms with Crippen molar-refractivity contribution >= 4 is 11.3 Å². The van der Waals surface area contributed by atoms with Gasteiger partial charge in [0.25, 0.3) is 0 Å². The van der Waals surface area contributed by atoms with Crippen LogP contribution in [0, 0.1) is 12.8 Å². The predicted octanol–water partition coefficient (Wildman–Crippen LogP) is 2.46. The average molecular weight is 258 g/mol. The number of hydrogen-bond donors (Lipinski definition) is 1. The van der Waals surface area contributed by atoms with Gasteiger partial charge in [-0.15, -0.1) is 0 Å². The maximum atomic E-state index is 5.90. The van der Waals surface area contributed by atoms with Gasteiger partial charge in [-0.3, -0.25) is 4.90 Å². The second-order valence-corrected chi connectivity index (χ2v) is 5.82. The van der Waals surface area contributed by atoms with Gasteiger partial charge in [-0.25, -0.2) is 4.98 Å². The van der Waals surface area contributed by atoms with Crippen molar-refractivity contribution in [2.75, 3.05) is 18.8 Å². The van der Waals surface area contributed by atoms with E-state index in [2.05, 4.69) is 28.1 Å². The molecule has 1 aliphatic rings. The number of likely N-dealkylation sites (tertiary alicyclic amines) is 1. The number of rotatable bonds is 2. The molecule has 1 aliphatic heterocycles. The molecule has 0 aromatic carbocycles. The summed E-state index contributed by atoms with van der Waals surface area (Å²) in [5.74, 6) is 0.804. The van der Waals surface area contributed by atoms with Gasteiger partial charge in [0.2, 0.25) is 0 Å². The van der Waals surface area contributed by atoms with Crippen LogP contribution >= 0.6 is 0 Å². The zero-order valence-electron chi connectivity index (χ0n) is 11.8. The first-order valence-electron chi connectivity index (χ1n) is 7.09. The fourth-order valence-electron chi connectivity index (χ4n) is 3.06. The number of hydrogen-bond acceptors (Lipinski definition) is 3. The van der Waals surface area contributed by atoms with E-state index >= 15 is 0 Å². The first-order chi connectivity index (χ1) is 9.13. The lowest BCUT2D eigenvalue weighted by Crippen LogP contribution is -2.34. The van der Waals surface area contributed by atoms with Gasteiger partial charge in [0.05, 0.1) is 11.4 Å². The summed E-state index contributed by atoms with van der Waals surface area (Å²) in [6, 6.07) is 3.90. The maximum absolute atomic E-state index is 5.90. The Morgan fingerprint density at radius 1 is 1.42 bits per heavy atom. The van der Waals surface area contributed by atoms with E-state index in [1.165, 1.54) is 31.6 Å². The number of nitrogen functional groups attached to an aromatic ring is 1. The fourth-order valence-corrected chi connectivity index (χ4v) is 3.06. The summed E-state index contributed by atoms with van der Waals surface area (Å²) in [5.41, 5.74) is 10.1. The Morgan fingerprint density at radius 2 is 2.26 bits per heavy atom. The van der Waals surface area contributed by atoms with Crippen molar-refractivity contribution in [2.45, 2.75) is 33.2 Å². The normalized spacial score (nSPS) is 21.1. The summed E-state index contributed by atoms with van der Waals surface area (Å²) in [7, 11) is 0. The number of pyridine rings is 1. The molecule has 1 fully saturated rings. The summed E-state index contributed by atoms with van der Waals surface area (Å²) in [4.78, 5) is 7.16. The van der Waals surface area contributed by atoms with Crippen LogP contribution in [-0.2, 0) is 6.54 Å². The van der Waals surface area contributed by atoms with Gasteiger partial charge in [-0.05, 0) is 44.4 Å². The third-order valence-corrected chi connectivity index (χ3v) is 4.06. The van der Waals surface area contributed by atoms with E-state index in [4.69, 9.17) is 5.73 Å². The quantitative estimate of drug-likeness (QED) is 0.900. The molecule has 2 N–H and O–H groups in total. The van der Waals surface area contributed by atoms with E-state index in [0.717, 1.165) is 29.5 Å². The van der Waals surface area contributed by atoms with Crippen LogP contribution in [0.3, 0.4) is 0 Å². The number of aryl methyl sites for hydroxylation is 1. The van der Waals surface area contributed by atoms with Gasteiger partial charge in [0, 0.05) is 25.0 Å². The van der Waals surface area contributed by atoms with Crippen molar-refractivity contribution in [1.29, 1.82) is 0 Å². The summed E-state index contributed by atoms with van der Waals surface area (Å²) >= 11 is 0. The number of piperidine rings is 1. The topological polar surface area (TPSA) is 46.6 Å². The fraction of sp³-hybridized carbons (Fsp3) is 0.533. The number of nitrogens with zero attached hydrogens (tertiary/aromatic N) is 3. The zero-order valence-corrected chi connectivity index (χ0v) is 11.8. The lowest BCUT2D eigenvalue weighted by Gasteiger charge is -2.30. The lowest BCUT2D eigenvalue weighted by atomic mass is 10.0. The monoisotopic (exact) mass is 258 g/mol. The number of anilines is 1. The molecule has 3 heterocycles. The van der Waals surface area contributed by atoms with Gasteiger partial charge in [-0.2, -0.15) is 0 Å². The molecule has 0 aliphatic carbocycles. The second kappa shape index (κ2) is 4.85. The Bertz CT molecular complexity index is 587. The van der Waals surface area contributed by atoms with Crippen LogP contribution in [0.4, 0.5) is 5.69 Å². The van der Waals surface area contributed by atoms with Gasteiger partial charge in [-0.1, -0.05) is 6.92 Å². The lowest BCUT2D eigenvalue weighted by molar-refractivity contribution is 0.174. The average Bonchev–Trinajstić information content (AvgIpc) is 2.66. The summed E-state index contributed by atoms with van der Waals surface area (Å²) in [6.07, 6.45) is 4.65. The molecular weight excluding hydrogens is 236 g/mol. The van der Waals surface area contributed by atoms with Gasteiger partial charge in [0.15, 0.2) is 0 Å². The Labute approximate surface area is 114 Å². The van der Waals surface area contributed by atoms with E-state index in [1.807, 2.05) is 18.3 Å². The maximum Gasteiger partial charge on any atom is 0.137 e. The molecule has 4 heteroatoms. The van der Waals surface area contributed by atoms with Crippen LogP contribution in [0.5, 0.6) is 0 Å². The van der Waals surface area contributed by atoms with Crippen molar-refractivity contribution in [3.63, 3.8) is 0 Å². The van der Waals surface area contributed by atoms with E-state index in [-0.39, 0.29) is 0 Å². The Morgan fingerprint density at radius 3 is 3.05 bits per heavy atom. The molecule has 19 heavy (non-hydrogen) atoms. The first-order valence-corrected chi connectivity index (χ1v) is 7.09. The Hall–Kier alpha value is -1.55. The van der Waals surface area contributed by atoms with Crippen molar-refractivity contribution < 1.29 is 0 Å². The molecular formula is C15H22N4. The third kappa shape index (κ3) is 2.45. The Balaban J connectivity index is 1.91. The molecule has 1 saturated heterocycles. The molecule has 1 unspecified atom stereocenters. The van der Waals surface area contributed by atoms with E-state index < -0.39 is 0 Å². The molecule has 2 aromatic heterocycles. The van der Waals surface area contributed by atoms with Crippen molar-refractivity contribution in [3.05, 3.63) is 29.7 Å². The third-order valence-electron chi connectivity index (χ3n) is 4.06. The number of aromatic nitrogens is 2. The second-order valence-electron chi connectivity index (χ2n) is 5.82. The number of imidazole rings is 1. The number of fused-ring (bicyclic) bond motifs is 1. The molecule has 3 rings (SSSR count). The van der Waals surface area contributed by atoms with Crippen LogP contribution in [0.1, 0.15) is 31.2 Å². The first kappa shape index (κ1) is 12.5. The molecule has 4 nitrogen and oxygen atoms in total. The van der Waals surface area contributed by atoms with Crippen LogP contribution < -0.4 is 5.73 Å². The van der Waals surface area contributed by atoms with Gasteiger partial charge < -0.3 is 10.1 Å². The smallest absolute Gasteiger partial charge is 0.137 e. The molecule has 0 amide bonds. The van der Waals surface area contributed by atoms with E-state index in [9.17, 15) is 0 Å². The standard InChI is InChI=1S/C15H22N4/c1-11-4-3-7-18(8-11)10-14-12(2)17-15-6-5-13(16)9-19(14)15/h5-6,9,11H,3-4,7-8,10,16H2,1-2H3. The highest BCUT2D eigenvalue weighted by atomic mass is 15.2. The van der Waals surface area contributed by atoms with Crippen molar-refractivity contribution in [1.82, 2.24) is 14.3 Å². The highest BCUT2D eigenvalue weighted by Gasteiger charge is 2.19. The van der Waals surface area contributed by atoms with E-state index in [0.29, 0.717) is 0 Å². The molecule has 1 atom stereocenters. The molecule has 102 valence electrons. The summed E-state index contributed by atoms with van der Waals surface area (Å²) < 4.78 is 2.14. The van der Waals surface area contributed by atoms with Crippen LogP contribution in [0.15, 0.2) is 18.3 Å². The largest absolute Gasteiger partial charge is 0.398 e. The SMILES string of the molecule is Cc1nc2ccc(N)cn2c1CN1CCCC(C)C1. The van der Waals surface area contributed by atoms with Crippen molar-refractivity contribution in [3.8, 4) is 0 Å². The minimum atomic E-state index is 0.790. The molecule has 0 spiro atoms. The van der Waals surface area contributed by atoms with Crippen LogP contribution in [0.2, 0.25) is 0 Å². The minimum absolute atomic E-state index is 0.790.